The summed E-state index contributed by atoms with van der Waals surface area (Å²) in [4.78, 5) is 23.5. The van der Waals surface area contributed by atoms with Crippen LogP contribution in [0.15, 0.2) is 0 Å². The highest BCUT2D eigenvalue weighted by Gasteiger charge is 2.04. The van der Waals surface area contributed by atoms with Gasteiger partial charge in [-0.15, -0.1) is 0 Å². The monoisotopic (exact) mass is 308 g/mol. The van der Waals surface area contributed by atoms with E-state index in [9.17, 15) is 9.59 Å². The van der Waals surface area contributed by atoms with Gasteiger partial charge in [-0.3, -0.25) is 9.59 Å². The highest BCUT2D eigenvalue weighted by Crippen LogP contribution is 2.14. The van der Waals surface area contributed by atoms with Crippen molar-refractivity contribution in [1.82, 2.24) is 0 Å². The summed E-state index contributed by atoms with van der Waals surface area (Å²) in [6.07, 6.45) is 19.9. The maximum atomic E-state index is 11.8. The summed E-state index contributed by atoms with van der Waals surface area (Å²) < 4.78 is 0. The maximum absolute atomic E-state index is 11.8. The second kappa shape index (κ2) is 14.0. The summed E-state index contributed by atoms with van der Waals surface area (Å²) >= 11 is 0. The van der Waals surface area contributed by atoms with Gasteiger partial charge >= 0.3 is 0 Å². The van der Waals surface area contributed by atoms with Crippen molar-refractivity contribution in [3.05, 3.63) is 0 Å². The molecule has 0 aromatic heterocycles. The van der Waals surface area contributed by atoms with Crippen molar-refractivity contribution in [2.45, 2.75) is 116 Å². The third-order valence-electron chi connectivity index (χ3n) is 4.82. The zero-order valence-corrected chi connectivity index (χ0v) is 14.5. The molecule has 128 valence electrons. The van der Waals surface area contributed by atoms with Crippen LogP contribution in [0.1, 0.15) is 116 Å². The molecule has 0 saturated heterocycles. The highest BCUT2D eigenvalue weighted by atomic mass is 16.1. The molecule has 0 heterocycles. The summed E-state index contributed by atoms with van der Waals surface area (Å²) in [5.74, 6) is 0.959. The van der Waals surface area contributed by atoms with E-state index in [1.165, 1.54) is 64.2 Å². The van der Waals surface area contributed by atoms with Crippen LogP contribution in [-0.2, 0) is 9.59 Å². The minimum atomic E-state index is 0.480. The van der Waals surface area contributed by atoms with Crippen molar-refractivity contribution in [3.8, 4) is 0 Å². The van der Waals surface area contributed by atoms with Crippen molar-refractivity contribution in [2.75, 3.05) is 0 Å². The number of carbonyl (C=O) groups is 2. The van der Waals surface area contributed by atoms with Gasteiger partial charge in [-0.1, -0.05) is 64.2 Å². The van der Waals surface area contributed by atoms with Crippen LogP contribution in [0.3, 0.4) is 0 Å². The van der Waals surface area contributed by atoms with E-state index in [-0.39, 0.29) is 0 Å². The fraction of sp³-hybridized carbons (Fsp3) is 0.900. The topological polar surface area (TPSA) is 34.1 Å². The Morgan fingerprint density at radius 1 is 0.318 bits per heavy atom. The van der Waals surface area contributed by atoms with Gasteiger partial charge in [0.05, 0.1) is 0 Å². The lowest BCUT2D eigenvalue weighted by Crippen LogP contribution is -1.99. The van der Waals surface area contributed by atoms with Crippen molar-refractivity contribution >= 4 is 11.6 Å². The van der Waals surface area contributed by atoms with E-state index < -0.39 is 0 Å². The summed E-state index contributed by atoms with van der Waals surface area (Å²) in [5, 5.41) is 0. The van der Waals surface area contributed by atoms with Gasteiger partial charge in [-0.2, -0.15) is 0 Å². The molecule has 1 aliphatic rings. The minimum absolute atomic E-state index is 0.480. The highest BCUT2D eigenvalue weighted by molar-refractivity contribution is 5.78. The molecule has 0 spiro atoms. The molecule has 0 aliphatic heterocycles. The largest absolute Gasteiger partial charge is 0.300 e. The van der Waals surface area contributed by atoms with Crippen LogP contribution in [0.4, 0.5) is 0 Å². The first-order valence-corrected chi connectivity index (χ1v) is 9.82. The van der Waals surface area contributed by atoms with Gasteiger partial charge in [0.2, 0.25) is 0 Å². The molecule has 0 N–H and O–H groups in total. The number of rotatable bonds is 0. The molecule has 22 heavy (non-hydrogen) atoms. The second-order valence-corrected chi connectivity index (χ2v) is 7.03. The van der Waals surface area contributed by atoms with Crippen molar-refractivity contribution in [2.24, 2.45) is 0 Å². The molecule has 1 aliphatic carbocycles. The Hall–Kier alpha value is -0.660. The fourth-order valence-electron chi connectivity index (χ4n) is 3.31. The first kappa shape index (κ1) is 19.4. The lowest BCUT2D eigenvalue weighted by atomic mass is 10.0. The van der Waals surface area contributed by atoms with Gasteiger partial charge in [-0.25, -0.2) is 0 Å². The van der Waals surface area contributed by atoms with E-state index in [4.69, 9.17) is 0 Å². The Labute approximate surface area is 137 Å². The standard InChI is InChI=1S/C20H36O2/c21-19-15-11-7-3-1-4-8-12-16-20(22)18-14-10-6-2-5-9-13-17-19/h1-18H2. The molecular weight excluding hydrogens is 272 g/mol. The Kier molecular flexibility index (Phi) is 12.3. The third kappa shape index (κ3) is 11.9. The summed E-state index contributed by atoms with van der Waals surface area (Å²) in [5.41, 5.74) is 0. The molecule has 1 fully saturated rings. The summed E-state index contributed by atoms with van der Waals surface area (Å²) in [7, 11) is 0. The summed E-state index contributed by atoms with van der Waals surface area (Å²) in [6.45, 7) is 0. The average Bonchev–Trinajstić information content (AvgIpc) is 2.50. The molecular formula is C20H36O2. The molecule has 1 rings (SSSR count). The van der Waals surface area contributed by atoms with Gasteiger partial charge < -0.3 is 0 Å². The Morgan fingerprint density at radius 2 is 0.500 bits per heavy atom. The zero-order valence-electron chi connectivity index (χ0n) is 14.5. The number of hydrogen-bond acceptors (Lipinski definition) is 2. The normalized spacial score (nSPS) is 23.1. The number of Topliss-reactive ketones (excluding diaryl/α,β-unsaturated/α-hetero) is 2. The number of carbonyl (C=O) groups excluding carboxylic acids is 2. The van der Waals surface area contributed by atoms with Crippen LogP contribution >= 0.6 is 0 Å². The van der Waals surface area contributed by atoms with Crippen LogP contribution in [0.2, 0.25) is 0 Å². The smallest absolute Gasteiger partial charge is 0.132 e. The number of ketones is 2. The summed E-state index contributed by atoms with van der Waals surface area (Å²) in [6, 6.07) is 0. The Balaban J connectivity index is 2.17. The zero-order chi connectivity index (χ0) is 15.9. The van der Waals surface area contributed by atoms with Crippen molar-refractivity contribution < 1.29 is 9.59 Å². The van der Waals surface area contributed by atoms with Crippen LogP contribution < -0.4 is 0 Å². The molecule has 0 aromatic carbocycles. The van der Waals surface area contributed by atoms with E-state index in [2.05, 4.69) is 0 Å². The van der Waals surface area contributed by atoms with Gasteiger partial charge in [0, 0.05) is 25.7 Å². The van der Waals surface area contributed by atoms with Crippen molar-refractivity contribution in [1.29, 1.82) is 0 Å². The lowest BCUT2D eigenvalue weighted by molar-refractivity contribution is -0.120. The average molecular weight is 309 g/mol. The van der Waals surface area contributed by atoms with E-state index in [1.807, 2.05) is 0 Å². The molecule has 1 saturated carbocycles. The van der Waals surface area contributed by atoms with E-state index in [1.54, 1.807) is 0 Å². The first-order chi connectivity index (χ1) is 10.8. The van der Waals surface area contributed by atoms with Crippen LogP contribution in [0, 0.1) is 0 Å². The molecule has 0 radical (unpaired) electrons. The van der Waals surface area contributed by atoms with Crippen LogP contribution in [-0.4, -0.2) is 11.6 Å². The molecule has 2 nitrogen and oxygen atoms in total. The van der Waals surface area contributed by atoms with Gasteiger partial charge in [0.15, 0.2) is 0 Å². The van der Waals surface area contributed by atoms with Gasteiger partial charge in [0.1, 0.15) is 11.6 Å². The van der Waals surface area contributed by atoms with Gasteiger partial charge in [0.25, 0.3) is 0 Å². The van der Waals surface area contributed by atoms with Gasteiger partial charge in [-0.05, 0) is 25.7 Å². The SMILES string of the molecule is O=C1CCCCCCCCCC(=O)CCCCCCCCC1. The fourth-order valence-corrected chi connectivity index (χ4v) is 3.31. The van der Waals surface area contributed by atoms with E-state index in [0.717, 1.165) is 51.4 Å². The van der Waals surface area contributed by atoms with Crippen LogP contribution in [0.25, 0.3) is 0 Å². The Bertz CT molecular complexity index is 242. The Morgan fingerprint density at radius 3 is 0.727 bits per heavy atom. The molecule has 2 heteroatoms. The van der Waals surface area contributed by atoms with Crippen molar-refractivity contribution in [3.63, 3.8) is 0 Å². The quantitative estimate of drug-likeness (QED) is 0.537. The predicted octanol–water partition coefficient (Wildman–Crippen LogP) is 6.16. The molecule has 0 atom stereocenters. The molecule has 0 bridgehead atoms. The second-order valence-electron chi connectivity index (χ2n) is 7.03. The first-order valence-electron chi connectivity index (χ1n) is 9.82. The maximum Gasteiger partial charge on any atom is 0.132 e. The third-order valence-corrected chi connectivity index (χ3v) is 4.82. The van der Waals surface area contributed by atoms with E-state index in [0.29, 0.717) is 11.6 Å². The minimum Gasteiger partial charge on any atom is -0.300 e. The predicted molar refractivity (Wildman–Crippen MR) is 93.1 cm³/mol. The van der Waals surface area contributed by atoms with Crippen LogP contribution in [0.5, 0.6) is 0 Å². The molecule has 0 unspecified atom stereocenters. The molecule has 0 aromatic rings. The number of hydrogen-bond donors (Lipinski definition) is 0. The van der Waals surface area contributed by atoms with E-state index >= 15 is 0 Å². The lowest BCUT2D eigenvalue weighted by Gasteiger charge is -2.05. The molecule has 0 amide bonds.